The highest BCUT2D eigenvalue weighted by Crippen LogP contribution is 2.34. The fourth-order valence-corrected chi connectivity index (χ4v) is 3.85. The number of fused-ring (bicyclic) bond motifs is 1. The molecule has 33 heavy (non-hydrogen) atoms. The minimum Gasteiger partial charge on any atom is -0.493 e. The predicted octanol–water partition coefficient (Wildman–Crippen LogP) is 6.08. The van der Waals surface area contributed by atoms with Crippen LogP contribution < -0.4 is 15.0 Å². The summed E-state index contributed by atoms with van der Waals surface area (Å²) in [6, 6.07) is 9.34. The van der Waals surface area contributed by atoms with Crippen molar-refractivity contribution in [2.24, 2.45) is 5.10 Å². The predicted molar refractivity (Wildman–Crippen MR) is 138 cm³/mol. The van der Waals surface area contributed by atoms with E-state index in [4.69, 9.17) is 14.5 Å². The molecule has 0 amide bonds. The number of aromatic nitrogens is 2. The van der Waals surface area contributed by atoms with Crippen molar-refractivity contribution >= 4 is 33.0 Å². The first-order valence-electron chi connectivity index (χ1n) is 11.0. The molecule has 0 aliphatic heterocycles. The first-order chi connectivity index (χ1) is 15.8. The molecular formula is C26H30BrN3O3. The molecule has 1 aromatic heterocycles. The monoisotopic (exact) mass is 511 g/mol. The number of rotatable bonds is 9. The van der Waals surface area contributed by atoms with Crippen LogP contribution in [0, 0.1) is 0 Å². The third kappa shape index (κ3) is 5.53. The molecule has 0 radical (unpaired) electrons. The van der Waals surface area contributed by atoms with E-state index < -0.39 is 0 Å². The van der Waals surface area contributed by atoms with Crippen molar-refractivity contribution in [3.05, 3.63) is 74.8 Å². The average Bonchev–Trinajstić information content (AvgIpc) is 2.79. The quantitative estimate of drug-likeness (QED) is 0.258. The first-order valence-corrected chi connectivity index (χ1v) is 11.8. The lowest BCUT2D eigenvalue weighted by Crippen LogP contribution is -2.23. The Morgan fingerprint density at radius 3 is 2.64 bits per heavy atom. The molecule has 174 valence electrons. The van der Waals surface area contributed by atoms with Gasteiger partial charge in [-0.25, -0.2) is 4.98 Å². The lowest BCUT2D eigenvalue weighted by molar-refractivity contribution is 0.228. The van der Waals surface area contributed by atoms with E-state index in [-0.39, 0.29) is 17.6 Å². The van der Waals surface area contributed by atoms with E-state index in [1.165, 1.54) is 4.68 Å². The van der Waals surface area contributed by atoms with Crippen LogP contribution in [-0.4, -0.2) is 29.1 Å². The number of nitrogens with zero attached hydrogens (tertiary/aromatic N) is 3. The summed E-state index contributed by atoms with van der Waals surface area (Å²) in [5.41, 5.74) is 2.19. The van der Waals surface area contributed by atoms with Gasteiger partial charge in [0.1, 0.15) is 5.82 Å². The van der Waals surface area contributed by atoms with Crippen LogP contribution in [0.1, 0.15) is 57.0 Å². The standard InChI is InChI=1S/C26H30BrN3O3/c1-7-9-19-12-18(13-23(32-6)24(19)33-16(3)4)15-28-30-25(17(5)8-2)29-22-11-10-20(27)14-21(22)26(30)31/h7,10-17H,1,8-9H2,2-6H3/t17-/m1/s1. The zero-order chi connectivity index (χ0) is 24.1. The Balaban J connectivity index is 2.16. The van der Waals surface area contributed by atoms with Gasteiger partial charge >= 0.3 is 0 Å². The Morgan fingerprint density at radius 2 is 2.00 bits per heavy atom. The van der Waals surface area contributed by atoms with Crippen molar-refractivity contribution in [1.82, 2.24) is 9.66 Å². The van der Waals surface area contributed by atoms with Gasteiger partial charge in [0.05, 0.1) is 30.3 Å². The van der Waals surface area contributed by atoms with E-state index >= 15 is 0 Å². The summed E-state index contributed by atoms with van der Waals surface area (Å²) in [4.78, 5) is 18.1. The van der Waals surface area contributed by atoms with Gasteiger partial charge in [0, 0.05) is 16.0 Å². The third-order valence-corrected chi connectivity index (χ3v) is 5.79. The molecule has 0 aliphatic carbocycles. The molecule has 3 aromatic rings. The van der Waals surface area contributed by atoms with Crippen molar-refractivity contribution < 1.29 is 9.47 Å². The minimum absolute atomic E-state index is 0.00153. The highest BCUT2D eigenvalue weighted by molar-refractivity contribution is 9.10. The normalized spacial score (nSPS) is 12.5. The molecule has 7 heteroatoms. The van der Waals surface area contributed by atoms with Crippen LogP contribution >= 0.6 is 15.9 Å². The van der Waals surface area contributed by atoms with E-state index in [0.717, 1.165) is 22.0 Å². The summed E-state index contributed by atoms with van der Waals surface area (Å²) in [5.74, 6) is 2.00. The summed E-state index contributed by atoms with van der Waals surface area (Å²) in [6.45, 7) is 11.9. The largest absolute Gasteiger partial charge is 0.493 e. The van der Waals surface area contributed by atoms with Crippen molar-refractivity contribution in [2.45, 2.75) is 52.6 Å². The maximum atomic E-state index is 13.3. The average molecular weight is 512 g/mol. The molecule has 0 spiro atoms. The van der Waals surface area contributed by atoms with Crippen LogP contribution in [0.5, 0.6) is 11.5 Å². The van der Waals surface area contributed by atoms with Gasteiger partial charge in [-0.15, -0.1) is 6.58 Å². The van der Waals surface area contributed by atoms with E-state index in [1.807, 2.05) is 51.1 Å². The van der Waals surface area contributed by atoms with Gasteiger partial charge in [0.2, 0.25) is 0 Å². The Hall–Kier alpha value is -2.93. The number of ether oxygens (including phenoxy) is 2. The topological polar surface area (TPSA) is 65.7 Å². The number of hydrogen-bond acceptors (Lipinski definition) is 5. The van der Waals surface area contributed by atoms with Gasteiger partial charge in [0.15, 0.2) is 11.5 Å². The number of allylic oxidation sites excluding steroid dienone is 1. The third-order valence-electron chi connectivity index (χ3n) is 5.30. The molecule has 1 atom stereocenters. The maximum Gasteiger partial charge on any atom is 0.282 e. The van der Waals surface area contributed by atoms with Crippen LogP contribution in [0.15, 0.2) is 57.4 Å². The van der Waals surface area contributed by atoms with Crippen LogP contribution in [0.4, 0.5) is 0 Å². The lowest BCUT2D eigenvalue weighted by Gasteiger charge is -2.18. The highest BCUT2D eigenvalue weighted by atomic mass is 79.9. The second-order valence-electron chi connectivity index (χ2n) is 8.17. The highest BCUT2D eigenvalue weighted by Gasteiger charge is 2.17. The van der Waals surface area contributed by atoms with Gasteiger partial charge in [-0.05, 0) is 62.6 Å². The molecule has 0 saturated carbocycles. The molecule has 0 N–H and O–H groups in total. The molecule has 6 nitrogen and oxygen atoms in total. The van der Waals surface area contributed by atoms with E-state index in [9.17, 15) is 4.79 Å². The maximum absolute atomic E-state index is 13.3. The molecule has 0 fully saturated rings. The molecule has 0 aliphatic rings. The van der Waals surface area contributed by atoms with Crippen molar-refractivity contribution in [2.75, 3.05) is 7.11 Å². The number of methoxy groups -OCH3 is 1. The molecule has 0 saturated heterocycles. The summed E-state index contributed by atoms with van der Waals surface area (Å²) in [7, 11) is 1.61. The summed E-state index contributed by atoms with van der Waals surface area (Å²) < 4.78 is 13.8. The molecule has 0 unspecified atom stereocenters. The number of halogens is 1. The summed E-state index contributed by atoms with van der Waals surface area (Å²) >= 11 is 3.44. The Labute approximate surface area is 203 Å². The molecule has 1 heterocycles. The van der Waals surface area contributed by atoms with Gasteiger partial charge in [-0.2, -0.15) is 9.78 Å². The second kappa shape index (κ2) is 10.8. The second-order valence-corrected chi connectivity index (χ2v) is 9.09. The zero-order valence-corrected chi connectivity index (χ0v) is 21.3. The van der Waals surface area contributed by atoms with Gasteiger partial charge in [-0.1, -0.05) is 35.9 Å². The van der Waals surface area contributed by atoms with Gasteiger partial charge < -0.3 is 9.47 Å². The fourth-order valence-electron chi connectivity index (χ4n) is 3.49. The fraction of sp³-hybridized carbons (Fsp3) is 0.346. The minimum atomic E-state index is -0.203. The van der Waals surface area contributed by atoms with E-state index in [0.29, 0.717) is 34.6 Å². The number of hydrogen-bond donors (Lipinski definition) is 0. The van der Waals surface area contributed by atoms with Gasteiger partial charge in [0.25, 0.3) is 5.56 Å². The molecular weight excluding hydrogens is 482 g/mol. The lowest BCUT2D eigenvalue weighted by atomic mass is 10.1. The summed E-state index contributed by atoms with van der Waals surface area (Å²) in [6.07, 6.45) is 4.93. The Bertz CT molecular complexity index is 1250. The molecule has 0 bridgehead atoms. The van der Waals surface area contributed by atoms with E-state index in [1.54, 1.807) is 19.4 Å². The number of benzene rings is 2. The van der Waals surface area contributed by atoms with Gasteiger partial charge in [-0.3, -0.25) is 4.79 Å². The zero-order valence-electron chi connectivity index (χ0n) is 19.8. The van der Waals surface area contributed by atoms with Crippen LogP contribution in [-0.2, 0) is 6.42 Å². The molecule has 2 aromatic carbocycles. The summed E-state index contributed by atoms with van der Waals surface area (Å²) in [5, 5.41) is 5.08. The van der Waals surface area contributed by atoms with Crippen LogP contribution in [0.3, 0.4) is 0 Å². The van der Waals surface area contributed by atoms with Crippen molar-refractivity contribution in [3.63, 3.8) is 0 Å². The Morgan fingerprint density at radius 1 is 1.24 bits per heavy atom. The van der Waals surface area contributed by atoms with Crippen LogP contribution in [0.25, 0.3) is 10.9 Å². The SMILES string of the molecule is C=CCc1cc(C=Nn2c([C@H](C)CC)nc3ccc(Br)cc3c2=O)cc(OC)c1OC(C)C. The van der Waals surface area contributed by atoms with Crippen molar-refractivity contribution in [1.29, 1.82) is 0 Å². The smallest absolute Gasteiger partial charge is 0.282 e. The van der Waals surface area contributed by atoms with Crippen LogP contribution in [0.2, 0.25) is 0 Å². The van der Waals surface area contributed by atoms with Crippen molar-refractivity contribution in [3.8, 4) is 11.5 Å². The first kappa shape index (κ1) is 24.7. The molecule has 3 rings (SSSR count). The van der Waals surface area contributed by atoms with E-state index in [2.05, 4.69) is 34.5 Å². The Kier molecular flexibility index (Phi) is 8.08.